The van der Waals surface area contributed by atoms with E-state index in [1.807, 2.05) is 6.07 Å². The van der Waals surface area contributed by atoms with Crippen LogP contribution in [0.2, 0.25) is 0 Å². The molecule has 0 atom stereocenters. The van der Waals surface area contributed by atoms with Crippen molar-refractivity contribution >= 4 is 29.1 Å². The van der Waals surface area contributed by atoms with Gasteiger partial charge in [0.15, 0.2) is 5.69 Å². The first-order valence-electron chi connectivity index (χ1n) is 9.09. The molecule has 0 saturated carbocycles. The van der Waals surface area contributed by atoms with Crippen LogP contribution >= 0.6 is 0 Å². The Morgan fingerprint density at radius 2 is 1.93 bits per heavy atom. The first-order chi connectivity index (χ1) is 14.0. The van der Waals surface area contributed by atoms with E-state index in [0.717, 1.165) is 6.42 Å². The molecule has 3 aromatic rings. The molecule has 3 amide bonds. The fourth-order valence-corrected chi connectivity index (χ4v) is 3.12. The number of aromatic nitrogens is 2. The van der Waals surface area contributed by atoms with Crippen molar-refractivity contribution in [2.24, 2.45) is 0 Å². The van der Waals surface area contributed by atoms with Crippen LogP contribution < -0.4 is 21.3 Å². The van der Waals surface area contributed by atoms with Crippen LogP contribution in [0.1, 0.15) is 16.9 Å². The fraction of sp³-hybridized carbons (Fsp3) is 0.150. The lowest BCUT2D eigenvalue weighted by Crippen LogP contribution is -2.46. The van der Waals surface area contributed by atoms with Crippen molar-refractivity contribution in [3.05, 3.63) is 66.1 Å². The third-order valence-electron chi connectivity index (χ3n) is 4.54. The minimum atomic E-state index is -0.446. The average molecular weight is 394 g/mol. The van der Waals surface area contributed by atoms with Gasteiger partial charge in [-0.2, -0.15) is 5.10 Å². The van der Waals surface area contributed by atoms with Crippen LogP contribution in [-0.4, -0.2) is 34.8 Å². The van der Waals surface area contributed by atoms with E-state index in [9.17, 15) is 14.0 Å². The molecule has 1 aliphatic heterocycles. The Labute approximate surface area is 166 Å². The predicted molar refractivity (Wildman–Crippen MR) is 108 cm³/mol. The molecular formula is C20H19FN6O2. The van der Waals surface area contributed by atoms with Crippen molar-refractivity contribution < 1.29 is 14.0 Å². The standard InChI is InChI=1S/C20H19FN6O2/c21-13-5-7-15(8-6-13)27-18(22)12-17(25-27)19(28)24-14-3-1-4-16(11-14)26-10-2-9-23-20(26)29/h1,3-8,11-12H,2,9-10,22H2,(H,23,29)(H,24,28). The number of rotatable bonds is 4. The Balaban J connectivity index is 1.53. The summed E-state index contributed by atoms with van der Waals surface area (Å²) in [4.78, 5) is 26.3. The van der Waals surface area contributed by atoms with Crippen LogP contribution in [0.15, 0.2) is 54.6 Å². The summed E-state index contributed by atoms with van der Waals surface area (Å²) in [5.41, 5.74) is 7.84. The van der Waals surface area contributed by atoms with Crippen molar-refractivity contribution in [3.8, 4) is 5.69 Å². The first kappa shape index (κ1) is 18.5. The van der Waals surface area contributed by atoms with E-state index >= 15 is 0 Å². The van der Waals surface area contributed by atoms with Gasteiger partial charge in [-0.15, -0.1) is 0 Å². The number of hydrogen-bond acceptors (Lipinski definition) is 4. The van der Waals surface area contributed by atoms with Crippen molar-refractivity contribution in [2.45, 2.75) is 6.42 Å². The molecule has 29 heavy (non-hydrogen) atoms. The molecule has 0 bridgehead atoms. The second-order valence-electron chi connectivity index (χ2n) is 6.58. The molecule has 4 N–H and O–H groups in total. The summed E-state index contributed by atoms with van der Waals surface area (Å²) >= 11 is 0. The topological polar surface area (TPSA) is 105 Å². The molecule has 1 aromatic heterocycles. The number of urea groups is 1. The molecule has 9 heteroatoms. The van der Waals surface area contributed by atoms with E-state index in [2.05, 4.69) is 15.7 Å². The van der Waals surface area contributed by atoms with Crippen molar-refractivity contribution in [2.75, 3.05) is 29.0 Å². The Morgan fingerprint density at radius 3 is 2.69 bits per heavy atom. The molecule has 0 spiro atoms. The molecule has 0 unspecified atom stereocenters. The smallest absolute Gasteiger partial charge is 0.321 e. The summed E-state index contributed by atoms with van der Waals surface area (Å²) in [5, 5.41) is 9.77. The van der Waals surface area contributed by atoms with E-state index in [1.165, 1.54) is 35.0 Å². The van der Waals surface area contributed by atoms with Crippen LogP contribution in [-0.2, 0) is 0 Å². The Kier molecular flexibility index (Phi) is 4.86. The van der Waals surface area contributed by atoms with Gasteiger partial charge in [0.25, 0.3) is 5.91 Å². The van der Waals surface area contributed by atoms with Gasteiger partial charge >= 0.3 is 6.03 Å². The second kappa shape index (κ2) is 7.63. The van der Waals surface area contributed by atoms with Crippen LogP contribution in [0.5, 0.6) is 0 Å². The molecule has 0 aliphatic carbocycles. The molecule has 8 nitrogen and oxygen atoms in total. The predicted octanol–water partition coefficient (Wildman–Crippen LogP) is 2.77. The molecule has 4 rings (SSSR count). The SMILES string of the molecule is Nc1cc(C(=O)Nc2cccc(N3CCCNC3=O)c2)nn1-c1ccc(F)cc1. The number of halogens is 1. The molecule has 1 fully saturated rings. The molecule has 148 valence electrons. The van der Waals surface area contributed by atoms with Crippen LogP contribution in [0.25, 0.3) is 5.69 Å². The highest BCUT2D eigenvalue weighted by atomic mass is 19.1. The van der Waals surface area contributed by atoms with Gasteiger partial charge in [-0.3, -0.25) is 9.69 Å². The third kappa shape index (κ3) is 3.88. The number of anilines is 3. The van der Waals surface area contributed by atoms with E-state index in [-0.39, 0.29) is 23.4 Å². The van der Waals surface area contributed by atoms with E-state index < -0.39 is 5.91 Å². The maximum Gasteiger partial charge on any atom is 0.321 e. The summed E-state index contributed by atoms with van der Waals surface area (Å²) < 4.78 is 14.5. The molecule has 0 radical (unpaired) electrons. The quantitative estimate of drug-likeness (QED) is 0.633. The van der Waals surface area contributed by atoms with Gasteiger partial charge in [-0.25, -0.2) is 13.9 Å². The van der Waals surface area contributed by atoms with E-state index in [0.29, 0.717) is 30.2 Å². The van der Waals surface area contributed by atoms with Gasteiger partial charge < -0.3 is 16.4 Å². The lowest BCUT2D eigenvalue weighted by Gasteiger charge is -2.27. The van der Waals surface area contributed by atoms with Crippen molar-refractivity contribution in [3.63, 3.8) is 0 Å². The maximum atomic E-state index is 13.1. The zero-order valence-electron chi connectivity index (χ0n) is 15.4. The summed E-state index contributed by atoms with van der Waals surface area (Å²) in [7, 11) is 0. The Hall–Kier alpha value is -3.88. The summed E-state index contributed by atoms with van der Waals surface area (Å²) in [6.45, 7) is 1.27. The van der Waals surface area contributed by atoms with Gasteiger partial charge in [-0.1, -0.05) is 6.07 Å². The summed E-state index contributed by atoms with van der Waals surface area (Å²) in [5.74, 6) is -0.571. The number of nitrogens with two attached hydrogens (primary N) is 1. The number of carbonyl (C=O) groups is 2. The normalized spacial score (nSPS) is 13.8. The monoisotopic (exact) mass is 394 g/mol. The average Bonchev–Trinajstić information content (AvgIpc) is 3.11. The molecular weight excluding hydrogens is 375 g/mol. The minimum absolute atomic E-state index is 0.118. The number of nitrogen functional groups attached to an aromatic ring is 1. The zero-order chi connectivity index (χ0) is 20.4. The summed E-state index contributed by atoms with van der Waals surface area (Å²) in [6.07, 6.45) is 0.850. The Morgan fingerprint density at radius 1 is 1.14 bits per heavy atom. The largest absolute Gasteiger partial charge is 0.384 e. The number of nitrogens with one attached hydrogen (secondary N) is 2. The van der Waals surface area contributed by atoms with E-state index in [4.69, 9.17) is 5.73 Å². The highest BCUT2D eigenvalue weighted by Crippen LogP contribution is 2.22. The van der Waals surface area contributed by atoms with Gasteiger partial charge in [-0.05, 0) is 48.9 Å². The van der Waals surface area contributed by atoms with Gasteiger partial charge in [0.05, 0.1) is 5.69 Å². The molecule has 2 heterocycles. The lowest BCUT2D eigenvalue weighted by molar-refractivity contribution is 0.102. The highest BCUT2D eigenvalue weighted by Gasteiger charge is 2.20. The summed E-state index contributed by atoms with van der Waals surface area (Å²) in [6, 6.07) is 13.9. The second-order valence-corrected chi connectivity index (χ2v) is 6.58. The van der Waals surface area contributed by atoms with Gasteiger partial charge in [0.1, 0.15) is 11.6 Å². The van der Waals surface area contributed by atoms with Crippen LogP contribution in [0.3, 0.4) is 0 Å². The number of amides is 3. The fourth-order valence-electron chi connectivity index (χ4n) is 3.12. The Bertz CT molecular complexity index is 1060. The molecule has 2 aromatic carbocycles. The number of carbonyl (C=O) groups excluding carboxylic acids is 2. The van der Waals surface area contributed by atoms with Crippen molar-refractivity contribution in [1.29, 1.82) is 0 Å². The lowest BCUT2D eigenvalue weighted by atomic mass is 10.2. The van der Waals surface area contributed by atoms with E-state index in [1.54, 1.807) is 23.1 Å². The highest BCUT2D eigenvalue weighted by molar-refractivity contribution is 6.04. The van der Waals surface area contributed by atoms with Crippen LogP contribution in [0.4, 0.5) is 26.4 Å². The van der Waals surface area contributed by atoms with Crippen molar-refractivity contribution in [1.82, 2.24) is 15.1 Å². The number of hydrogen-bond donors (Lipinski definition) is 3. The number of nitrogens with zero attached hydrogens (tertiary/aromatic N) is 3. The molecule has 1 aliphatic rings. The minimum Gasteiger partial charge on any atom is -0.384 e. The number of benzene rings is 2. The van der Waals surface area contributed by atoms with Gasteiger partial charge in [0, 0.05) is 30.5 Å². The van der Waals surface area contributed by atoms with Gasteiger partial charge in [0.2, 0.25) is 0 Å². The third-order valence-corrected chi connectivity index (χ3v) is 4.54. The molecule has 1 saturated heterocycles. The first-order valence-corrected chi connectivity index (χ1v) is 9.09. The maximum absolute atomic E-state index is 13.1. The zero-order valence-corrected chi connectivity index (χ0v) is 15.4. The van der Waals surface area contributed by atoms with Crippen LogP contribution in [0, 0.1) is 5.82 Å².